The topological polar surface area (TPSA) is 149 Å². The molecule has 0 aromatic heterocycles. The van der Waals surface area contributed by atoms with Gasteiger partial charge in [0.25, 0.3) is 20.2 Å². The first-order chi connectivity index (χ1) is 9.33. The van der Waals surface area contributed by atoms with Gasteiger partial charge >= 0.3 is 12.4 Å². The van der Waals surface area contributed by atoms with Crippen molar-refractivity contribution in [1.82, 2.24) is 0 Å². The summed E-state index contributed by atoms with van der Waals surface area (Å²) in [4.78, 5) is 0. The van der Waals surface area contributed by atoms with Gasteiger partial charge in [0, 0.05) is 0 Å². The van der Waals surface area contributed by atoms with Gasteiger partial charge in [0.05, 0.1) is 13.2 Å². The highest BCUT2D eigenvalue weighted by molar-refractivity contribution is 7.86. The Labute approximate surface area is 120 Å². The van der Waals surface area contributed by atoms with Crippen LogP contribution in [0.2, 0.25) is 0 Å². The molecular weight excluding hydrogens is 378 g/mol. The predicted molar refractivity (Wildman–Crippen MR) is 59.1 cm³/mol. The van der Waals surface area contributed by atoms with Crippen molar-refractivity contribution >= 4 is 20.2 Å². The zero-order valence-electron chi connectivity index (χ0n) is 10.3. The maximum atomic E-state index is 11.0. The second-order valence-corrected chi connectivity index (χ2v) is 6.04. The molecule has 0 radical (unpaired) electrons. The van der Waals surface area contributed by atoms with Crippen LogP contribution in [-0.4, -0.2) is 73.2 Å². The largest absolute Gasteiger partial charge is 0.405 e. The Morgan fingerprint density at radius 1 is 0.636 bits per heavy atom. The number of rotatable bonds is 3. The van der Waals surface area contributed by atoms with Crippen LogP contribution in [-0.2, 0) is 20.2 Å². The van der Waals surface area contributed by atoms with E-state index < -0.39 is 44.1 Å². The van der Waals surface area contributed by atoms with Crippen molar-refractivity contribution < 1.29 is 62.5 Å². The summed E-state index contributed by atoms with van der Waals surface area (Å²) < 4.78 is 119. The van der Waals surface area contributed by atoms with Crippen LogP contribution in [0.15, 0.2) is 0 Å². The van der Waals surface area contributed by atoms with Crippen LogP contribution >= 0.6 is 0 Å². The van der Waals surface area contributed by atoms with Crippen LogP contribution in [0.25, 0.3) is 0 Å². The molecule has 0 heterocycles. The maximum absolute atomic E-state index is 11.0. The zero-order valence-corrected chi connectivity index (χ0v) is 12.0. The van der Waals surface area contributed by atoms with Crippen molar-refractivity contribution in [2.75, 3.05) is 24.7 Å². The lowest BCUT2D eigenvalue weighted by Crippen LogP contribution is -2.21. The molecule has 0 aliphatic rings. The first kappa shape index (κ1) is 26.2. The molecule has 0 aromatic carbocycles. The van der Waals surface area contributed by atoms with Gasteiger partial charge < -0.3 is 10.2 Å². The average Bonchev–Trinajstić information content (AvgIpc) is 2.06. The summed E-state index contributed by atoms with van der Waals surface area (Å²) in [5.41, 5.74) is 0. The molecular formula is C6H12F6O8S2. The third-order valence-corrected chi connectivity index (χ3v) is 2.18. The lowest BCUT2D eigenvalue weighted by atomic mass is 10.8. The van der Waals surface area contributed by atoms with E-state index in [1.807, 2.05) is 0 Å². The summed E-state index contributed by atoms with van der Waals surface area (Å²) in [6.07, 6.45) is -9.71. The highest BCUT2D eigenvalue weighted by Crippen LogP contribution is 2.16. The number of halogens is 6. The molecule has 0 fully saturated rings. The molecule has 0 unspecified atom stereocenters. The van der Waals surface area contributed by atoms with Crippen molar-refractivity contribution in [3.8, 4) is 0 Å². The van der Waals surface area contributed by atoms with Crippen LogP contribution in [0.4, 0.5) is 26.3 Å². The monoisotopic (exact) mass is 390 g/mol. The van der Waals surface area contributed by atoms with Crippen LogP contribution < -0.4 is 0 Å². The van der Waals surface area contributed by atoms with Crippen LogP contribution in [0.5, 0.6) is 0 Å². The Balaban J connectivity index is -0.000000266. The van der Waals surface area contributed by atoms with E-state index in [0.717, 1.165) is 0 Å². The molecule has 0 spiro atoms. The Morgan fingerprint density at radius 2 is 0.818 bits per heavy atom. The van der Waals surface area contributed by atoms with Crippen molar-refractivity contribution in [3.63, 3.8) is 0 Å². The minimum atomic E-state index is -4.91. The lowest BCUT2D eigenvalue weighted by Gasteiger charge is -2.00. The summed E-state index contributed by atoms with van der Waals surface area (Å²) in [5.74, 6) is -4.36. The van der Waals surface area contributed by atoms with E-state index in [9.17, 15) is 43.2 Å². The van der Waals surface area contributed by atoms with Crippen molar-refractivity contribution in [2.24, 2.45) is 0 Å². The van der Waals surface area contributed by atoms with Gasteiger partial charge in [-0.3, -0.25) is 9.11 Å². The van der Waals surface area contributed by atoms with Gasteiger partial charge in [-0.25, -0.2) is 0 Å². The van der Waals surface area contributed by atoms with E-state index in [1.54, 1.807) is 0 Å². The molecule has 0 atom stereocenters. The van der Waals surface area contributed by atoms with Gasteiger partial charge in [0.15, 0.2) is 11.5 Å². The van der Waals surface area contributed by atoms with E-state index >= 15 is 0 Å². The Hall–Kier alpha value is -0.680. The van der Waals surface area contributed by atoms with Gasteiger partial charge in [-0.1, -0.05) is 0 Å². The first-order valence-electron chi connectivity index (χ1n) is 4.58. The summed E-state index contributed by atoms with van der Waals surface area (Å²) in [6.45, 7) is -0.250. The number of aliphatic hydroxyl groups is 2. The Morgan fingerprint density at radius 3 is 0.818 bits per heavy atom. The summed E-state index contributed by atoms with van der Waals surface area (Å²) in [5, 5.41) is 15.2. The molecule has 0 aliphatic carbocycles. The average molecular weight is 390 g/mol. The molecule has 0 aromatic rings. The molecule has 0 aliphatic heterocycles. The SMILES string of the molecule is O=S(=O)(O)CC(F)(F)F.O=S(=O)(O)CC(F)(F)F.OCCO. The smallest absolute Gasteiger partial charge is 0.394 e. The fraction of sp³-hybridized carbons (Fsp3) is 1.00. The lowest BCUT2D eigenvalue weighted by molar-refractivity contribution is -0.108. The quantitative estimate of drug-likeness (QED) is 0.384. The number of alkyl halides is 6. The zero-order chi connectivity index (χ0) is 18.8. The van der Waals surface area contributed by atoms with Gasteiger partial charge in [-0.05, 0) is 0 Å². The van der Waals surface area contributed by atoms with E-state index in [1.165, 1.54) is 0 Å². The molecule has 16 heteroatoms. The van der Waals surface area contributed by atoms with Gasteiger partial charge in [-0.15, -0.1) is 0 Å². The first-order valence-corrected chi connectivity index (χ1v) is 7.80. The van der Waals surface area contributed by atoms with E-state index in [4.69, 9.17) is 19.3 Å². The van der Waals surface area contributed by atoms with Gasteiger partial charge in [-0.2, -0.15) is 43.2 Å². The van der Waals surface area contributed by atoms with Crippen LogP contribution in [0.1, 0.15) is 0 Å². The third kappa shape index (κ3) is 42.7. The Kier molecular flexibility index (Phi) is 12.1. The molecule has 0 amide bonds. The fourth-order valence-electron chi connectivity index (χ4n) is 0.414. The predicted octanol–water partition coefficient (Wildman–Crippen LogP) is -0.156. The van der Waals surface area contributed by atoms with Crippen LogP contribution in [0, 0.1) is 0 Å². The molecule has 4 N–H and O–H groups in total. The fourth-order valence-corrected chi connectivity index (χ4v) is 1.24. The summed E-state index contributed by atoms with van der Waals surface area (Å²) >= 11 is 0. The summed E-state index contributed by atoms with van der Waals surface area (Å²) in [6, 6.07) is 0. The standard InChI is InChI=1S/2C2H3F3O3S.C2H6O2/c2*3-2(4,5)1-9(6,7)8;3-1-2-4/h2*1H2,(H,6,7,8);3-4H,1-2H2. The number of hydrogen-bond acceptors (Lipinski definition) is 6. The molecule has 0 saturated heterocycles. The molecule has 22 heavy (non-hydrogen) atoms. The number of aliphatic hydroxyl groups excluding tert-OH is 2. The second-order valence-electron chi connectivity index (χ2n) is 3.13. The Bertz CT molecular complexity index is 432. The summed E-state index contributed by atoms with van der Waals surface area (Å²) in [7, 11) is -9.81. The van der Waals surface area contributed by atoms with Crippen molar-refractivity contribution in [3.05, 3.63) is 0 Å². The maximum Gasteiger partial charge on any atom is 0.405 e. The molecule has 0 rings (SSSR count). The van der Waals surface area contributed by atoms with Crippen molar-refractivity contribution in [1.29, 1.82) is 0 Å². The molecule has 0 bridgehead atoms. The minimum Gasteiger partial charge on any atom is -0.394 e. The minimum absolute atomic E-state index is 0.125. The molecule has 138 valence electrons. The van der Waals surface area contributed by atoms with Gasteiger partial charge in [0.1, 0.15) is 0 Å². The van der Waals surface area contributed by atoms with E-state index in [2.05, 4.69) is 0 Å². The van der Waals surface area contributed by atoms with Crippen molar-refractivity contribution in [2.45, 2.75) is 12.4 Å². The normalized spacial score (nSPS) is 12.6. The van der Waals surface area contributed by atoms with E-state index in [0.29, 0.717) is 0 Å². The molecule has 0 saturated carbocycles. The molecule has 8 nitrogen and oxygen atoms in total. The highest BCUT2D eigenvalue weighted by Gasteiger charge is 2.34. The van der Waals surface area contributed by atoms with Gasteiger partial charge in [0.2, 0.25) is 0 Å². The highest BCUT2D eigenvalue weighted by atomic mass is 32.2. The van der Waals surface area contributed by atoms with E-state index in [-0.39, 0.29) is 13.2 Å². The van der Waals surface area contributed by atoms with Crippen LogP contribution in [0.3, 0.4) is 0 Å². The third-order valence-electron chi connectivity index (χ3n) is 0.792. The second kappa shape index (κ2) is 10.2. The number of hydrogen-bond donors (Lipinski definition) is 4.